The maximum absolute atomic E-state index is 10.0. The zero-order valence-corrected chi connectivity index (χ0v) is 10.7. The first kappa shape index (κ1) is 12.8. The molecule has 0 amide bonds. The second-order valence-corrected chi connectivity index (χ2v) is 5.00. The Morgan fingerprint density at radius 2 is 1.88 bits per heavy atom. The summed E-state index contributed by atoms with van der Waals surface area (Å²) in [7, 11) is 1.55. The lowest BCUT2D eigenvalue weighted by Crippen LogP contribution is -2.29. The van der Waals surface area contributed by atoms with Gasteiger partial charge in [0.15, 0.2) is 11.5 Å². The molecular formula is C13H21NO2. The number of aromatic hydroxyl groups is 1. The van der Waals surface area contributed by atoms with Crippen molar-refractivity contribution in [3.63, 3.8) is 0 Å². The molecule has 0 aliphatic heterocycles. The molecule has 0 bridgehead atoms. The van der Waals surface area contributed by atoms with Crippen molar-refractivity contribution < 1.29 is 9.84 Å². The molecule has 0 spiro atoms. The fraction of sp³-hybridized carbons (Fsp3) is 0.538. The Morgan fingerprint density at radius 3 is 2.25 bits per heavy atom. The predicted octanol–water partition coefficient (Wildman–Crippen LogP) is 2.72. The third-order valence-electron chi connectivity index (χ3n) is 2.68. The van der Waals surface area contributed by atoms with Gasteiger partial charge < -0.3 is 15.6 Å². The van der Waals surface area contributed by atoms with E-state index in [2.05, 4.69) is 13.8 Å². The number of hydrogen-bond donors (Lipinski definition) is 2. The minimum Gasteiger partial charge on any atom is -0.504 e. The number of methoxy groups -OCH3 is 1. The van der Waals surface area contributed by atoms with Crippen LogP contribution in [-0.4, -0.2) is 12.2 Å². The maximum atomic E-state index is 10.0. The van der Waals surface area contributed by atoms with Crippen LogP contribution in [0, 0.1) is 0 Å². The normalized spacial score (nSPS) is 11.9. The summed E-state index contributed by atoms with van der Waals surface area (Å²) in [6.07, 6.45) is 0. The third kappa shape index (κ3) is 2.47. The number of ether oxygens (including phenoxy) is 1. The largest absolute Gasteiger partial charge is 0.504 e. The second-order valence-electron chi connectivity index (χ2n) is 5.00. The van der Waals surface area contributed by atoms with Crippen LogP contribution in [0.25, 0.3) is 0 Å². The molecule has 16 heavy (non-hydrogen) atoms. The van der Waals surface area contributed by atoms with E-state index in [0.717, 1.165) is 11.1 Å². The Morgan fingerprint density at radius 1 is 1.31 bits per heavy atom. The Bertz CT molecular complexity index is 378. The summed E-state index contributed by atoms with van der Waals surface area (Å²) in [4.78, 5) is 0. The van der Waals surface area contributed by atoms with Crippen LogP contribution in [0.5, 0.6) is 11.5 Å². The van der Waals surface area contributed by atoms with Gasteiger partial charge >= 0.3 is 0 Å². The van der Waals surface area contributed by atoms with Crippen molar-refractivity contribution in [1.29, 1.82) is 0 Å². The van der Waals surface area contributed by atoms with Crippen molar-refractivity contribution in [3.8, 4) is 11.5 Å². The van der Waals surface area contributed by atoms with Crippen LogP contribution < -0.4 is 10.5 Å². The number of nitrogens with two attached hydrogens (primary N) is 1. The Kier molecular flexibility index (Phi) is 3.48. The molecule has 0 aromatic heterocycles. The van der Waals surface area contributed by atoms with Crippen LogP contribution >= 0.6 is 0 Å². The van der Waals surface area contributed by atoms with Crippen LogP contribution in [0.1, 0.15) is 44.7 Å². The van der Waals surface area contributed by atoms with Crippen LogP contribution in [0.4, 0.5) is 0 Å². The molecule has 0 unspecified atom stereocenters. The first-order valence-electron chi connectivity index (χ1n) is 5.47. The zero-order valence-electron chi connectivity index (χ0n) is 10.7. The molecule has 1 aromatic rings. The number of benzene rings is 1. The first-order chi connectivity index (χ1) is 7.27. The van der Waals surface area contributed by atoms with E-state index in [0.29, 0.717) is 11.7 Å². The van der Waals surface area contributed by atoms with Gasteiger partial charge in [0.05, 0.1) is 7.11 Å². The van der Waals surface area contributed by atoms with E-state index in [1.165, 1.54) is 0 Å². The highest BCUT2D eigenvalue weighted by Crippen LogP contribution is 2.38. The van der Waals surface area contributed by atoms with Crippen molar-refractivity contribution in [3.05, 3.63) is 23.3 Å². The summed E-state index contributed by atoms with van der Waals surface area (Å²) in [5.74, 6) is 0.995. The highest BCUT2D eigenvalue weighted by atomic mass is 16.5. The molecule has 0 saturated heterocycles. The molecular weight excluding hydrogens is 202 g/mol. The molecule has 0 radical (unpaired) electrons. The molecule has 1 rings (SSSR count). The number of rotatable bonds is 3. The van der Waals surface area contributed by atoms with Gasteiger partial charge in [-0.3, -0.25) is 0 Å². The Labute approximate surface area is 97.2 Å². The first-order valence-corrected chi connectivity index (χ1v) is 5.47. The molecule has 0 aliphatic carbocycles. The van der Waals surface area contributed by atoms with Gasteiger partial charge in [-0.25, -0.2) is 0 Å². The molecule has 0 aliphatic rings. The van der Waals surface area contributed by atoms with Crippen LogP contribution in [0.3, 0.4) is 0 Å². The van der Waals surface area contributed by atoms with Gasteiger partial charge in [-0.05, 0) is 37.5 Å². The lowest BCUT2D eigenvalue weighted by molar-refractivity contribution is 0.362. The fourth-order valence-corrected chi connectivity index (χ4v) is 1.61. The monoisotopic (exact) mass is 223 g/mol. The fourth-order valence-electron chi connectivity index (χ4n) is 1.61. The van der Waals surface area contributed by atoms with E-state index in [1.54, 1.807) is 7.11 Å². The molecule has 0 atom stereocenters. The van der Waals surface area contributed by atoms with Gasteiger partial charge in [0.25, 0.3) is 0 Å². The van der Waals surface area contributed by atoms with Gasteiger partial charge in [0.1, 0.15) is 0 Å². The van der Waals surface area contributed by atoms with Gasteiger partial charge in [0, 0.05) is 11.1 Å². The molecule has 1 aromatic carbocycles. The summed E-state index contributed by atoms with van der Waals surface area (Å²) in [5.41, 5.74) is 7.29. The van der Waals surface area contributed by atoms with E-state index in [-0.39, 0.29) is 5.75 Å². The number of hydrogen-bond acceptors (Lipinski definition) is 3. The predicted molar refractivity (Wildman–Crippen MR) is 66.0 cm³/mol. The van der Waals surface area contributed by atoms with E-state index in [4.69, 9.17) is 10.5 Å². The second kappa shape index (κ2) is 4.34. The van der Waals surface area contributed by atoms with Gasteiger partial charge in [-0.15, -0.1) is 0 Å². The van der Waals surface area contributed by atoms with Gasteiger partial charge in [-0.1, -0.05) is 13.8 Å². The van der Waals surface area contributed by atoms with Crippen molar-refractivity contribution in [1.82, 2.24) is 0 Å². The van der Waals surface area contributed by atoms with Gasteiger partial charge in [0.2, 0.25) is 0 Å². The molecule has 0 fully saturated rings. The quantitative estimate of drug-likeness (QED) is 0.828. The Balaban J connectivity index is 3.42. The van der Waals surface area contributed by atoms with Crippen molar-refractivity contribution >= 4 is 0 Å². The summed E-state index contributed by atoms with van der Waals surface area (Å²) in [6, 6.07) is 3.80. The summed E-state index contributed by atoms with van der Waals surface area (Å²) in [5, 5.41) is 10.0. The van der Waals surface area contributed by atoms with Crippen LogP contribution in [-0.2, 0) is 5.54 Å². The zero-order chi connectivity index (χ0) is 12.5. The van der Waals surface area contributed by atoms with Crippen LogP contribution in [0.15, 0.2) is 12.1 Å². The lowest BCUT2D eigenvalue weighted by atomic mass is 9.90. The maximum Gasteiger partial charge on any atom is 0.162 e. The Hall–Kier alpha value is -1.22. The standard InChI is InChI=1S/C13H21NO2/c1-8(2)9-6-10(13(3,4)14)12(15)11(7-9)16-5/h6-8,15H,14H2,1-5H3. The molecule has 3 heteroatoms. The smallest absolute Gasteiger partial charge is 0.162 e. The molecule has 0 heterocycles. The average molecular weight is 223 g/mol. The number of phenols is 1. The van der Waals surface area contributed by atoms with E-state index < -0.39 is 5.54 Å². The molecule has 3 nitrogen and oxygen atoms in total. The summed E-state index contributed by atoms with van der Waals surface area (Å²) in [6.45, 7) is 7.93. The topological polar surface area (TPSA) is 55.5 Å². The number of phenolic OH excluding ortho intramolecular Hbond substituents is 1. The van der Waals surface area contributed by atoms with E-state index >= 15 is 0 Å². The lowest BCUT2D eigenvalue weighted by Gasteiger charge is -2.23. The summed E-state index contributed by atoms with van der Waals surface area (Å²) >= 11 is 0. The summed E-state index contributed by atoms with van der Waals surface area (Å²) < 4.78 is 5.17. The van der Waals surface area contributed by atoms with Crippen molar-refractivity contribution in [2.24, 2.45) is 5.73 Å². The minimum atomic E-state index is -0.581. The SMILES string of the molecule is COc1cc(C(C)C)cc(C(C)(C)N)c1O. The third-order valence-corrected chi connectivity index (χ3v) is 2.68. The minimum absolute atomic E-state index is 0.138. The van der Waals surface area contributed by atoms with Crippen molar-refractivity contribution in [2.45, 2.75) is 39.2 Å². The molecule has 0 saturated carbocycles. The van der Waals surface area contributed by atoms with Crippen molar-refractivity contribution in [2.75, 3.05) is 7.11 Å². The van der Waals surface area contributed by atoms with Gasteiger partial charge in [-0.2, -0.15) is 0 Å². The molecule has 90 valence electrons. The molecule has 3 N–H and O–H groups in total. The average Bonchev–Trinajstić information content (AvgIpc) is 2.15. The van der Waals surface area contributed by atoms with Crippen LogP contribution in [0.2, 0.25) is 0 Å². The van der Waals surface area contributed by atoms with E-state index in [1.807, 2.05) is 26.0 Å². The highest BCUT2D eigenvalue weighted by molar-refractivity contribution is 5.51. The van der Waals surface area contributed by atoms with E-state index in [9.17, 15) is 5.11 Å². The highest BCUT2D eigenvalue weighted by Gasteiger charge is 2.22.